The van der Waals surface area contributed by atoms with Gasteiger partial charge in [-0.1, -0.05) is 0 Å². The van der Waals surface area contributed by atoms with Crippen molar-refractivity contribution in [1.29, 1.82) is 0 Å². The Morgan fingerprint density at radius 1 is 1.22 bits per heavy atom. The maximum absolute atomic E-state index is 12.7. The molecule has 0 atom stereocenters. The summed E-state index contributed by atoms with van der Waals surface area (Å²) in [5.74, 6) is -0.702. The molecule has 3 N–H and O–H groups in total. The lowest BCUT2D eigenvalue weighted by atomic mass is 10.1. The average molecular weight is 398 g/mol. The van der Waals surface area contributed by atoms with Crippen LogP contribution in [0.1, 0.15) is 16.1 Å². The lowest BCUT2D eigenvalue weighted by Crippen LogP contribution is -2.14. The molecule has 2 aromatic heterocycles. The van der Waals surface area contributed by atoms with Crippen LogP contribution < -0.4 is 10.5 Å². The highest BCUT2D eigenvalue weighted by Crippen LogP contribution is 2.29. The molecule has 7 nitrogen and oxygen atoms in total. The van der Waals surface area contributed by atoms with Crippen LogP contribution in [0.3, 0.4) is 0 Å². The number of anilines is 1. The third kappa shape index (κ3) is 3.78. The quantitative estimate of drug-likeness (QED) is 0.707. The van der Waals surface area contributed by atoms with E-state index in [1.807, 2.05) is 0 Å². The zero-order chi connectivity index (χ0) is 20.0. The highest BCUT2D eigenvalue weighted by atomic mass is 32.2. The van der Waals surface area contributed by atoms with E-state index in [1.54, 1.807) is 11.6 Å². The Balaban J connectivity index is 2.01. The van der Waals surface area contributed by atoms with Gasteiger partial charge in [-0.15, -0.1) is 0 Å². The number of amides is 1. The van der Waals surface area contributed by atoms with Gasteiger partial charge in [0.2, 0.25) is 10.0 Å². The third-order valence-corrected chi connectivity index (χ3v) is 4.75. The maximum atomic E-state index is 12.7. The second-order valence-corrected chi connectivity index (χ2v) is 7.32. The first-order valence-electron chi connectivity index (χ1n) is 7.43. The summed E-state index contributed by atoms with van der Waals surface area (Å²) in [4.78, 5) is 15.6. The van der Waals surface area contributed by atoms with Crippen LogP contribution in [0.15, 0.2) is 47.6 Å². The number of carbonyl (C=O) groups is 1. The number of alkyl halides is 3. The van der Waals surface area contributed by atoms with Gasteiger partial charge in [0.15, 0.2) is 0 Å². The summed E-state index contributed by atoms with van der Waals surface area (Å²) in [5, 5.41) is 7.77. The van der Waals surface area contributed by atoms with Gasteiger partial charge in [-0.25, -0.2) is 13.6 Å². The first-order chi connectivity index (χ1) is 12.5. The minimum absolute atomic E-state index is 0.0865. The Hall–Kier alpha value is -2.92. The number of halogens is 3. The van der Waals surface area contributed by atoms with Crippen LogP contribution in [0.2, 0.25) is 0 Å². The molecule has 0 aliphatic rings. The number of sulfonamides is 1. The van der Waals surface area contributed by atoms with Crippen molar-refractivity contribution in [1.82, 2.24) is 9.55 Å². The van der Waals surface area contributed by atoms with E-state index in [2.05, 4.69) is 10.3 Å². The fourth-order valence-corrected chi connectivity index (χ4v) is 3.13. The van der Waals surface area contributed by atoms with E-state index < -0.39 is 27.8 Å². The van der Waals surface area contributed by atoms with Crippen molar-refractivity contribution in [3.8, 4) is 0 Å². The summed E-state index contributed by atoms with van der Waals surface area (Å²) < 4.78 is 62.9. The monoisotopic (exact) mass is 398 g/mol. The van der Waals surface area contributed by atoms with Crippen LogP contribution in [0.5, 0.6) is 0 Å². The number of nitrogens with two attached hydrogens (primary N) is 1. The number of hydrogen-bond acceptors (Lipinski definition) is 4. The molecule has 0 unspecified atom stereocenters. The fraction of sp³-hybridized carbons (Fsp3) is 0.125. The van der Waals surface area contributed by atoms with E-state index in [0.717, 1.165) is 6.20 Å². The summed E-state index contributed by atoms with van der Waals surface area (Å²) >= 11 is 0. The smallest absolute Gasteiger partial charge is 0.350 e. The van der Waals surface area contributed by atoms with Crippen LogP contribution in [0.4, 0.5) is 18.9 Å². The highest BCUT2D eigenvalue weighted by molar-refractivity contribution is 7.89. The zero-order valence-electron chi connectivity index (χ0n) is 13.8. The molecule has 0 fully saturated rings. The number of nitrogens with zero attached hydrogens (tertiary/aromatic N) is 2. The van der Waals surface area contributed by atoms with Crippen LogP contribution in [-0.4, -0.2) is 23.9 Å². The first kappa shape index (κ1) is 18.9. The fourth-order valence-electron chi connectivity index (χ4n) is 2.59. The number of hydrogen-bond donors (Lipinski definition) is 2. The Labute approximate surface area is 151 Å². The van der Waals surface area contributed by atoms with Crippen molar-refractivity contribution in [3.05, 3.63) is 54.0 Å². The van der Waals surface area contributed by atoms with Crippen molar-refractivity contribution in [2.45, 2.75) is 11.1 Å². The molecule has 3 rings (SSSR count). The lowest BCUT2D eigenvalue weighted by Gasteiger charge is -2.09. The number of aromatic nitrogens is 2. The molecule has 0 spiro atoms. The Bertz CT molecular complexity index is 1150. The van der Waals surface area contributed by atoms with Crippen LogP contribution in [0.25, 0.3) is 10.9 Å². The number of fused-ring (bicyclic) bond motifs is 1. The van der Waals surface area contributed by atoms with Gasteiger partial charge in [-0.2, -0.15) is 13.2 Å². The molecule has 0 aliphatic heterocycles. The maximum Gasteiger partial charge on any atom is 0.433 e. The number of rotatable bonds is 3. The zero-order valence-corrected chi connectivity index (χ0v) is 14.6. The normalized spacial score (nSPS) is 12.3. The molecular weight excluding hydrogens is 385 g/mol. The number of primary sulfonamides is 1. The summed E-state index contributed by atoms with van der Waals surface area (Å²) in [6.07, 6.45) is -2.27. The summed E-state index contributed by atoms with van der Waals surface area (Å²) in [5.41, 5.74) is -0.599. The summed E-state index contributed by atoms with van der Waals surface area (Å²) in [6.45, 7) is 0. The van der Waals surface area contributed by atoms with Crippen molar-refractivity contribution < 1.29 is 26.4 Å². The third-order valence-electron chi connectivity index (χ3n) is 3.84. The van der Waals surface area contributed by atoms with Crippen molar-refractivity contribution in [2.75, 3.05) is 5.32 Å². The van der Waals surface area contributed by atoms with Crippen LogP contribution in [-0.2, 0) is 23.2 Å². The highest BCUT2D eigenvalue weighted by Gasteiger charge is 2.32. The molecule has 0 radical (unpaired) electrons. The molecule has 142 valence electrons. The van der Waals surface area contributed by atoms with E-state index in [0.29, 0.717) is 17.0 Å². The van der Waals surface area contributed by atoms with Crippen molar-refractivity contribution in [3.63, 3.8) is 0 Å². The number of nitrogens with one attached hydrogen (secondary N) is 1. The molecule has 2 heterocycles. The van der Waals surface area contributed by atoms with Crippen LogP contribution >= 0.6 is 0 Å². The van der Waals surface area contributed by atoms with Crippen molar-refractivity contribution in [2.24, 2.45) is 12.2 Å². The number of carbonyl (C=O) groups excluding carboxylic acids is 1. The lowest BCUT2D eigenvalue weighted by molar-refractivity contribution is -0.141. The van der Waals surface area contributed by atoms with E-state index in [1.165, 1.54) is 30.5 Å². The first-order valence-corrected chi connectivity index (χ1v) is 8.98. The number of pyridine rings is 1. The molecule has 27 heavy (non-hydrogen) atoms. The van der Waals surface area contributed by atoms with Gasteiger partial charge in [0.1, 0.15) is 5.69 Å². The van der Waals surface area contributed by atoms with Gasteiger partial charge in [0.05, 0.1) is 10.5 Å². The molecule has 0 aliphatic carbocycles. The minimum atomic E-state index is -4.65. The largest absolute Gasteiger partial charge is 0.433 e. The SMILES string of the molecule is Cn1cc(C(=O)Nc2ccnc(C(F)(F)F)c2)c2cc(S(N)(=O)=O)ccc21. The van der Waals surface area contributed by atoms with E-state index in [4.69, 9.17) is 5.14 Å². The molecule has 0 saturated heterocycles. The van der Waals surface area contributed by atoms with E-state index >= 15 is 0 Å². The van der Waals surface area contributed by atoms with E-state index in [-0.39, 0.29) is 16.1 Å². The second kappa shape index (κ2) is 6.35. The van der Waals surface area contributed by atoms with Crippen molar-refractivity contribution >= 4 is 32.5 Å². The van der Waals surface area contributed by atoms with Gasteiger partial charge >= 0.3 is 6.18 Å². The molecular formula is C16H13F3N4O3S. The predicted octanol–water partition coefficient (Wildman–Crippen LogP) is 2.49. The molecule has 1 aromatic carbocycles. The topological polar surface area (TPSA) is 107 Å². The Morgan fingerprint density at radius 3 is 2.56 bits per heavy atom. The summed E-state index contributed by atoms with van der Waals surface area (Å²) in [7, 11) is -2.34. The Kier molecular flexibility index (Phi) is 4.44. The minimum Gasteiger partial charge on any atom is -0.350 e. The van der Waals surface area contributed by atoms with Crippen LogP contribution in [0, 0.1) is 0 Å². The number of aryl methyl sites for hydroxylation is 1. The molecule has 11 heteroatoms. The van der Waals surface area contributed by atoms with Gasteiger partial charge < -0.3 is 9.88 Å². The van der Waals surface area contributed by atoms with E-state index in [9.17, 15) is 26.4 Å². The second-order valence-electron chi connectivity index (χ2n) is 5.76. The predicted molar refractivity (Wildman–Crippen MR) is 91.5 cm³/mol. The molecule has 1 amide bonds. The van der Waals surface area contributed by atoms with Gasteiger partial charge in [0.25, 0.3) is 5.91 Å². The molecule has 0 saturated carbocycles. The molecule has 3 aromatic rings. The standard InChI is InChI=1S/C16H13F3N4O3S/c1-23-8-12(11-7-10(27(20,25)26)2-3-13(11)23)15(24)22-9-4-5-21-14(6-9)16(17,18)19/h2-8H,1H3,(H2,20,25,26)(H,21,22,24). The average Bonchev–Trinajstić information content (AvgIpc) is 2.90. The van der Waals surface area contributed by atoms with Gasteiger partial charge in [-0.3, -0.25) is 9.78 Å². The molecule has 0 bridgehead atoms. The van der Waals surface area contributed by atoms with Gasteiger partial charge in [-0.05, 0) is 30.3 Å². The summed E-state index contributed by atoms with van der Waals surface area (Å²) in [6, 6.07) is 5.96. The van der Waals surface area contributed by atoms with Gasteiger partial charge in [0, 0.05) is 36.0 Å². The number of benzene rings is 1. The Morgan fingerprint density at radius 2 is 1.93 bits per heavy atom.